The molecule has 0 aliphatic heterocycles. The van der Waals surface area contributed by atoms with E-state index in [0.717, 1.165) is 19.4 Å². The molecule has 0 aliphatic carbocycles. The minimum Gasteiger partial charge on any atom is -0.376 e. The lowest BCUT2D eigenvalue weighted by Gasteiger charge is -2.12. The van der Waals surface area contributed by atoms with E-state index in [0.29, 0.717) is 6.61 Å². The highest BCUT2D eigenvalue weighted by molar-refractivity contribution is 5.72. The molecule has 0 heterocycles. The van der Waals surface area contributed by atoms with E-state index in [9.17, 15) is 0 Å². The quantitative estimate of drug-likeness (QED) is 0.286. The summed E-state index contributed by atoms with van der Waals surface area (Å²) in [5.74, 6) is 0. The monoisotopic (exact) mass is 368 g/mol. The summed E-state index contributed by atoms with van der Waals surface area (Å²) in [6.45, 7) is 7.37. The second kappa shape index (κ2) is 10.4. The van der Waals surface area contributed by atoms with Gasteiger partial charge in [-0.15, -0.1) is 6.58 Å². The van der Waals surface area contributed by atoms with Gasteiger partial charge in [0.05, 0.1) is 13.2 Å². The minimum atomic E-state index is 0.648. The fourth-order valence-electron chi connectivity index (χ4n) is 3.32. The predicted octanol–water partition coefficient (Wildman–Crippen LogP) is 7.23. The van der Waals surface area contributed by atoms with Crippen LogP contribution in [0, 0.1) is 0 Å². The molecular formula is C27H28O. The molecule has 0 unspecified atom stereocenters. The normalized spacial score (nSPS) is 11.0. The first-order chi connectivity index (χ1) is 13.8. The first kappa shape index (κ1) is 19.9. The zero-order valence-electron chi connectivity index (χ0n) is 16.6. The lowest BCUT2D eigenvalue weighted by atomic mass is 9.94. The number of allylic oxidation sites excluding steroid dienone is 2. The highest BCUT2D eigenvalue weighted by Crippen LogP contribution is 2.28. The van der Waals surface area contributed by atoms with Crippen molar-refractivity contribution in [3.8, 4) is 22.3 Å². The topological polar surface area (TPSA) is 9.23 Å². The molecule has 1 nitrogen and oxygen atoms in total. The van der Waals surface area contributed by atoms with Gasteiger partial charge in [0.15, 0.2) is 0 Å². The molecule has 3 rings (SSSR count). The van der Waals surface area contributed by atoms with Crippen molar-refractivity contribution in [1.82, 2.24) is 0 Å². The molecule has 0 radical (unpaired) electrons. The largest absolute Gasteiger partial charge is 0.376 e. The van der Waals surface area contributed by atoms with Crippen molar-refractivity contribution in [2.45, 2.75) is 26.4 Å². The Morgan fingerprint density at radius 2 is 1.57 bits per heavy atom. The molecule has 1 heteroatoms. The van der Waals surface area contributed by atoms with E-state index in [-0.39, 0.29) is 0 Å². The van der Waals surface area contributed by atoms with Gasteiger partial charge >= 0.3 is 0 Å². The van der Waals surface area contributed by atoms with Gasteiger partial charge in [-0.2, -0.15) is 0 Å². The van der Waals surface area contributed by atoms with E-state index in [1.165, 1.54) is 33.4 Å². The third-order valence-electron chi connectivity index (χ3n) is 4.77. The van der Waals surface area contributed by atoms with Crippen LogP contribution in [-0.2, 0) is 17.8 Å². The SMILES string of the molecule is C=CCc1cc(COCC/C=C/C)ccc1-c1ccc(-c2ccccc2)cc1. The number of rotatable bonds is 9. The standard InChI is InChI=1S/C27H28O/c1-3-5-9-19-28-21-22-13-18-27(26(20-22)10-4-2)25-16-14-24(15-17-25)23-11-7-6-8-12-23/h3-8,11-18,20H,2,9-10,19,21H2,1H3/b5-3+. The summed E-state index contributed by atoms with van der Waals surface area (Å²) in [7, 11) is 0. The van der Waals surface area contributed by atoms with Gasteiger partial charge < -0.3 is 4.74 Å². The maximum absolute atomic E-state index is 5.79. The molecule has 0 aromatic heterocycles. The predicted molar refractivity (Wildman–Crippen MR) is 120 cm³/mol. The van der Waals surface area contributed by atoms with E-state index in [4.69, 9.17) is 4.74 Å². The van der Waals surface area contributed by atoms with Crippen LogP contribution in [0.4, 0.5) is 0 Å². The Labute approximate surface area is 169 Å². The summed E-state index contributed by atoms with van der Waals surface area (Å²) in [5.41, 5.74) is 7.47. The summed E-state index contributed by atoms with van der Waals surface area (Å²) >= 11 is 0. The molecule has 0 saturated carbocycles. The number of benzene rings is 3. The second-order valence-electron chi connectivity index (χ2n) is 6.84. The number of ether oxygens (including phenoxy) is 1. The molecule has 0 atom stereocenters. The van der Waals surface area contributed by atoms with Crippen molar-refractivity contribution in [3.63, 3.8) is 0 Å². The van der Waals surface area contributed by atoms with Gasteiger partial charge in [-0.05, 0) is 53.1 Å². The number of hydrogen-bond donors (Lipinski definition) is 0. The molecule has 142 valence electrons. The van der Waals surface area contributed by atoms with E-state index in [2.05, 4.69) is 85.5 Å². The van der Waals surface area contributed by atoms with E-state index in [1.54, 1.807) is 0 Å². The summed E-state index contributed by atoms with van der Waals surface area (Å²) in [5, 5.41) is 0. The molecule has 3 aromatic carbocycles. The van der Waals surface area contributed by atoms with Crippen molar-refractivity contribution in [2.75, 3.05) is 6.61 Å². The Balaban J connectivity index is 1.77. The molecule has 0 fully saturated rings. The zero-order chi connectivity index (χ0) is 19.6. The molecule has 0 N–H and O–H groups in total. The fraction of sp³-hybridized carbons (Fsp3) is 0.185. The van der Waals surface area contributed by atoms with Crippen LogP contribution in [0.15, 0.2) is 97.6 Å². The van der Waals surface area contributed by atoms with Gasteiger partial charge in [0.25, 0.3) is 0 Å². The molecule has 3 aromatic rings. The van der Waals surface area contributed by atoms with Crippen LogP contribution >= 0.6 is 0 Å². The molecule has 0 spiro atoms. The van der Waals surface area contributed by atoms with Crippen LogP contribution in [-0.4, -0.2) is 6.61 Å². The summed E-state index contributed by atoms with van der Waals surface area (Å²) < 4.78 is 5.79. The Morgan fingerprint density at radius 3 is 2.29 bits per heavy atom. The summed E-state index contributed by atoms with van der Waals surface area (Å²) in [6.07, 6.45) is 7.96. The Kier molecular flexibility index (Phi) is 7.40. The lowest BCUT2D eigenvalue weighted by Crippen LogP contribution is -1.97. The van der Waals surface area contributed by atoms with Crippen LogP contribution < -0.4 is 0 Å². The van der Waals surface area contributed by atoms with Crippen molar-refractivity contribution in [3.05, 3.63) is 109 Å². The number of hydrogen-bond acceptors (Lipinski definition) is 1. The molecule has 0 saturated heterocycles. The fourth-order valence-corrected chi connectivity index (χ4v) is 3.32. The maximum Gasteiger partial charge on any atom is 0.0717 e. The van der Waals surface area contributed by atoms with Crippen molar-refractivity contribution in [2.24, 2.45) is 0 Å². The summed E-state index contributed by atoms with van der Waals surface area (Å²) in [4.78, 5) is 0. The lowest BCUT2D eigenvalue weighted by molar-refractivity contribution is 0.125. The van der Waals surface area contributed by atoms with Gasteiger partial charge in [-0.1, -0.05) is 91.0 Å². The zero-order valence-corrected chi connectivity index (χ0v) is 16.6. The van der Waals surface area contributed by atoms with Gasteiger partial charge in [-0.25, -0.2) is 0 Å². The molecular weight excluding hydrogens is 340 g/mol. The van der Waals surface area contributed by atoms with Gasteiger partial charge in [-0.3, -0.25) is 0 Å². The van der Waals surface area contributed by atoms with Crippen LogP contribution in [0.2, 0.25) is 0 Å². The third kappa shape index (κ3) is 5.31. The Bertz CT molecular complexity index is 905. The van der Waals surface area contributed by atoms with E-state index >= 15 is 0 Å². The highest BCUT2D eigenvalue weighted by atomic mass is 16.5. The first-order valence-corrected chi connectivity index (χ1v) is 9.89. The average Bonchev–Trinajstić information content (AvgIpc) is 2.75. The van der Waals surface area contributed by atoms with E-state index < -0.39 is 0 Å². The van der Waals surface area contributed by atoms with Crippen LogP contribution in [0.25, 0.3) is 22.3 Å². The molecule has 28 heavy (non-hydrogen) atoms. The third-order valence-corrected chi connectivity index (χ3v) is 4.77. The minimum absolute atomic E-state index is 0.648. The first-order valence-electron chi connectivity index (χ1n) is 9.89. The van der Waals surface area contributed by atoms with Crippen LogP contribution in [0.5, 0.6) is 0 Å². The Morgan fingerprint density at radius 1 is 0.857 bits per heavy atom. The smallest absolute Gasteiger partial charge is 0.0717 e. The summed E-state index contributed by atoms with van der Waals surface area (Å²) in [6, 6.07) is 25.9. The van der Waals surface area contributed by atoms with Crippen molar-refractivity contribution < 1.29 is 4.74 Å². The Hall–Kier alpha value is -2.90. The maximum atomic E-state index is 5.79. The molecule has 0 bridgehead atoms. The van der Waals surface area contributed by atoms with E-state index in [1.807, 2.05) is 19.1 Å². The van der Waals surface area contributed by atoms with Crippen LogP contribution in [0.1, 0.15) is 24.5 Å². The molecule has 0 amide bonds. The van der Waals surface area contributed by atoms with Crippen LogP contribution in [0.3, 0.4) is 0 Å². The molecule has 0 aliphatic rings. The average molecular weight is 369 g/mol. The highest BCUT2D eigenvalue weighted by Gasteiger charge is 2.07. The van der Waals surface area contributed by atoms with Crippen molar-refractivity contribution >= 4 is 0 Å². The van der Waals surface area contributed by atoms with Gasteiger partial charge in [0, 0.05) is 0 Å². The van der Waals surface area contributed by atoms with Crippen molar-refractivity contribution in [1.29, 1.82) is 0 Å². The van der Waals surface area contributed by atoms with Gasteiger partial charge in [0.2, 0.25) is 0 Å². The second-order valence-corrected chi connectivity index (χ2v) is 6.84. The van der Waals surface area contributed by atoms with Gasteiger partial charge in [0.1, 0.15) is 0 Å².